The highest BCUT2D eigenvalue weighted by molar-refractivity contribution is 5.87. The molecular weight excluding hydrogens is 238 g/mol. The van der Waals surface area contributed by atoms with Gasteiger partial charge in [-0.05, 0) is 48.9 Å². The third-order valence-corrected chi connectivity index (χ3v) is 2.18. The molecule has 0 aliphatic heterocycles. The van der Waals surface area contributed by atoms with E-state index in [1.165, 1.54) is 13.0 Å². The number of hydrogen-bond acceptors (Lipinski definition) is 3. The molecule has 1 aromatic carbocycles. The Labute approximate surface area is 113 Å². The smallest absolute Gasteiger partial charge is 0.152 e. The Balaban J connectivity index is 2.42. The number of ketones is 1. The van der Waals surface area contributed by atoms with Gasteiger partial charge < -0.3 is 4.74 Å². The van der Waals surface area contributed by atoms with Crippen LogP contribution < -0.4 is 4.74 Å². The van der Waals surface area contributed by atoms with Crippen molar-refractivity contribution in [1.29, 1.82) is 0 Å². The van der Waals surface area contributed by atoms with Crippen LogP contribution in [0.1, 0.15) is 12.5 Å². The summed E-state index contributed by atoms with van der Waals surface area (Å²) in [5, 5.41) is 0. The highest BCUT2D eigenvalue weighted by Gasteiger charge is 1.89. The van der Waals surface area contributed by atoms with Gasteiger partial charge in [-0.1, -0.05) is 18.2 Å². The van der Waals surface area contributed by atoms with Crippen molar-refractivity contribution in [3.8, 4) is 5.75 Å². The van der Waals surface area contributed by atoms with E-state index in [4.69, 9.17) is 4.74 Å². The first kappa shape index (κ1) is 14.6. The van der Waals surface area contributed by atoms with Crippen LogP contribution in [0.5, 0.6) is 5.75 Å². The summed E-state index contributed by atoms with van der Waals surface area (Å²) in [6.07, 6.45) is 12.0. The molecule has 0 N–H and O–H groups in total. The Kier molecular flexibility index (Phi) is 6.66. The maximum Gasteiger partial charge on any atom is 0.152 e. The third-order valence-electron chi connectivity index (χ3n) is 2.18. The van der Waals surface area contributed by atoms with Gasteiger partial charge in [0.2, 0.25) is 0 Å². The lowest BCUT2D eigenvalue weighted by Crippen LogP contribution is -1.83. The zero-order chi connectivity index (χ0) is 13.9. The summed E-state index contributed by atoms with van der Waals surface area (Å²) in [4.78, 5) is 14.8. The van der Waals surface area contributed by atoms with E-state index >= 15 is 0 Å². The fourth-order valence-electron chi connectivity index (χ4n) is 1.24. The van der Waals surface area contributed by atoms with Crippen molar-refractivity contribution in [1.82, 2.24) is 0 Å². The molecule has 0 aliphatic rings. The molecule has 0 aliphatic carbocycles. The largest absolute Gasteiger partial charge is 0.497 e. The molecule has 0 radical (unpaired) electrons. The van der Waals surface area contributed by atoms with Crippen LogP contribution in [0.4, 0.5) is 0 Å². The van der Waals surface area contributed by atoms with E-state index in [-0.39, 0.29) is 5.78 Å². The number of ether oxygens (including phenoxy) is 1. The molecule has 19 heavy (non-hydrogen) atoms. The molecule has 0 amide bonds. The summed E-state index contributed by atoms with van der Waals surface area (Å²) >= 11 is 0. The summed E-state index contributed by atoms with van der Waals surface area (Å²) in [5.74, 6) is 0.860. The van der Waals surface area contributed by atoms with E-state index in [1.54, 1.807) is 37.8 Å². The molecule has 3 heteroatoms. The quantitative estimate of drug-likeness (QED) is 0.444. The lowest BCUT2D eigenvalue weighted by molar-refractivity contribution is -0.112. The van der Waals surface area contributed by atoms with E-state index in [1.807, 2.05) is 30.3 Å². The van der Waals surface area contributed by atoms with Crippen LogP contribution in [0.15, 0.2) is 65.8 Å². The standard InChI is InChI=1S/C16H17NO2/c1-14(18)7-5-3-4-6-12-17-13-15-8-10-16(19-2)11-9-15/h3-13H,1-2H3/b4-3?,7-5?,12-6-,17-13?. The van der Waals surface area contributed by atoms with E-state index in [9.17, 15) is 4.79 Å². The van der Waals surface area contributed by atoms with Gasteiger partial charge in [-0.15, -0.1) is 0 Å². The van der Waals surface area contributed by atoms with Crippen LogP contribution in [0.3, 0.4) is 0 Å². The number of carbonyl (C=O) groups is 1. The first-order chi connectivity index (χ1) is 9.22. The number of rotatable bonds is 6. The summed E-state index contributed by atoms with van der Waals surface area (Å²) in [6, 6.07) is 7.64. The molecule has 0 saturated heterocycles. The lowest BCUT2D eigenvalue weighted by atomic mass is 10.2. The number of hydrogen-bond donors (Lipinski definition) is 0. The summed E-state index contributed by atoms with van der Waals surface area (Å²) < 4.78 is 5.07. The minimum Gasteiger partial charge on any atom is -0.497 e. The minimum atomic E-state index is 0.0335. The van der Waals surface area contributed by atoms with Gasteiger partial charge in [0.25, 0.3) is 0 Å². The van der Waals surface area contributed by atoms with Gasteiger partial charge in [-0.25, -0.2) is 0 Å². The lowest BCUT2D eigenvalue weighted by Gasteiger charge is -1.97. The molecule has 0 fully saturated rings. The molecule has 0 spiro atoms. The van der Waals surface area contributed by atoms with Crippen LogP contribution in [0.2, 0.25) is 0 Å². The van der Waals surface area contributed by atoms with Crippen molar-refractivity contribution in [2.75, 3.05) is 7.11 Å². The second-order valence-corrected chi connectivity index (χ2v) is 3.75. The molecule has 3 nitrogen and oxygen atoms in total. The van der Waals surface area contributed by atoms with Gasteiger partial charge in [0.15, 0.2) is 5.78 Å². The predicted octanol–water partition coefficient (Wildman–Crippen LogP) is 3.33. The van der Waals surface area contributed by atoms with Crippen molar-refractivity contribution in [3.05, 3.63) is 66.4 Å². The highest BCUT2D eigenvalue weighted by atomic mass is 16.5. The Morgan fingerprint density at radius 3 is 2.42 bits per heavy atom. The van der Waals surface area contributed by atoms with Gasteiger partial charge in [0, 0.05) is 12.4 Å². The molecule has 1 rings (SSSR count). The summed E-state index contributed by atoms with van der Waals surface area (Å²) in [6.45, 7) is 1.51. The van der Waals surface area contributed by atoms with E-state index in [0.29, 0.717) is 0 Å². The van der Waals surface area contributed by atoms with E-state index in [0.717, 1.165) is 11.3 Å². The fourth-order valence-corrected chi connectivity index (χ4v) is 1.24. The normalized spacial score (nSPS) is 12.1. The first-order valence-corrected chi connectivity index (χ1v) is 5.90. The number of aliphatic imine (C=N–C) groups is 1. The van der Waals surface area contributed by atoms with Crippen molar-refractivity contribution in [2.24, 2.45) is 4.99 Å². The second kappa shape index (κ2) is 8.64. The molecule has 98 valence electrons. The zero-order valence-electron chi connectivity index (χ0n) is 11.1. The number of benzene rings is 1. The Bertz CT molecular complexity index is 508. The van der Waals surface area contributed by atoms with Crippen LogP contribution in [0.25, 0.3) is 0 Å². The maximum atomic E-state index is 10.6. The van der Waals surface area contributed by atoms with E-state index < -0.39 is 0 Å². The second-order valence-electron chi connectivity index (χ2n) is 3.75. The monoisotopic (exact) mass is 255 g/mol. The van der Waals surface area contributed by atoms with Crippen LogP contribution in [0, 0.1) is 0 Å². The van der Waals surface area contributed by atoms with Crippen LogP contribution >= 0.6 is 0 Å². The molecule has 0 atom stereocenters. The fraction of sp³-hybridized carbons (Fsp3) is 0.125. The molecule has 1 aromatic rings. The van der Waals surface area contributed by atoms with Gasteiger partial charge in [-0.3, -0.25) is 9.79 Å². The zero-order valence-corrected chi connectivity index (χ0v) is 11.1. The maximum absolute atomic E-state index is 10.6. The van der Waals surface area contributed by atoms with Gasteiger partial charge in [0.05, 0.1) is 7.11 Å². The average molecular weight is 255 g/mol. The van der Waals surface area contributed by atoms with Crippen molar-refractivity contribution >= 4 is 12.0 Å². The van der Waals surface area contributed by atoms with Crippen molar-refractivity contribution in [2.45, 2.75) is 6.92 Å². The molecule has 0 aromatic heterocycles. The molecule has 0 saturated carbocycles. The molecule has 0 bridgehead atoms. The van der Waals surface area contributed by atoms with E-state index in [2.05, 4.69) is 4.99 Å². The van der Waals surface area contributed by atoms with Gasteiger partial charge in [-0.2, -0.15) is 0 Å². The number of allylic oxidation sites excluding steroid dienone is 5. The highest BCUT2D eigenvalue weighted by Crippen LogP contribution is 2.09. The van der Waals surface area contributed by atoms with Crippen molar-refractivity contribution in [3.63, 3.8) is 0 Å². The van der Waals surface area contributed by atoms with Crippen LogP contribution in [-0.4, -0.2) is 19.1 Å². The van der Waals surface area contributed by atoms with Crippen LogP contribution in [-0.2, 0) is 4.79 Å². The SMILES string of the molecule is COc1ccc(C=N/C=C\C=CC=CC(C)=O)cc1. The average Bonchev–Trinajstić information content (AvgIpc) is 2.42. The third kappa shape index (κ3) is 6.78. The van der Waals surface area contributed by atoms with Gasteiger partial charge >= 0.3 is 0 Å². The number of nitrogens with zero attached hydrogens (tertiary/aromatic N) is 1. The molecule has 0 heterocycles. The Morgan fingerprint density at radius 1 is 1.11 bits per heavy atom. The predicted molar refractivity (Wildman–Crippen MR) is 78.7 cm³/mol. The minimum absolute atomic E-state index is 0.0335. The van der Waals surface area contributed by atoms with Crippen molar-refractivity contribution < 1.29 is 9.53 Å². The number of carbonyl (C=O) groups excluding carboxylic acids is 1. The Hall–Kier alpha value is -2.42. The summed E-state index contributed by atoms with van der Waals surface area (Å²) in [5.41, 5.74) is 1.01. The summed E-state index contributed by atoms with van der Waals surface area (Å²) in [7, 11) is 1.64. The Morgan fingerprint density at radius 2 is 1.79 bits per heavy atom. The molecule has 0 unspecified atom stereocenters. The molecular formula is C16H17NO2. The number of methoxy groups -OCH3 is 1. The topological polar surface area (TPSA) is 38.7 Å². The van der Waals surface area contributed by atoms with Gasteiger partial charge in [0.1, 0.15) is 5.75 Å². The first-order valence-electron chi connectivity index (χ1n) is 5.90.